The van der Waals surface area contributed by atoms with E-state index in [2.05, 4.69) is 49.6 Å². The Labute approximate surface area is 165 Å². The fourth-order valence-electron chi connectivity index (χ4n) is 2.14. The van der Waals surface area contributed by atoms with Crippen molar-refractivity contribution in [1.29, 1.82) is 0 Å². The number of aromatic nitrogens is 1. The van der Waals surface area contributed by atoms with E-state index < -0.39 is 5.91 Å². The zero-order chi connectivity index (χ0) is 20.4. The van der Waals surface area contributed by atoms with Crippen molar-refractivity contribution in [1.82, 2.24) is 14.9 Å². The third-order valence-corrected chi connectivity index (χ3v) is 4.81. The van der Waals surface area contributed by atoms with Crippen LogP contribution in [-0.4, -0.2) is 32.9 Å². The van der Waals surface area contributed by atoms with E-state index in [0.717, 1.165) is 11.3 Å². The van der Waals surface area contributed by atoms with Crippen molar-refractivity contribution < 1.29 is 14.5 Å². The molecule has 1 amide bonds. The predicted octanol–water partition coefficient (Wildman–Crippen LogP) is 4.31. The lowest BCUT2D eigenvalue weighted by Crippen LogP contribution is -2.28. The Morgan fingerprint density at radius 2 is 2.00 bits per heavy atom. The van der Waals surface area contributed by atoms with Crippen LogP contribution in [0.3, 0.4) is 0 Å². The number of nitrogens with zero attached hydrogens (tertiary/aromatic N) is 2. The molecule has 0 unspecified atom stereocenters. The van der Waals surface area contributed by atoms with Crippen molar-refractivity contribution in [2.75, 3.05) is 12.3 Å². The van der Waals surface area contributed by atoms with Gasteiger partial charge in [-0.3, -0.25) is 10.0 Å². The average Bonchev–Trinajstić information content (AvgIpc) is 3.13. The van der Waals surface area contributed by atoms with E-state index in [1.54, 1.807) is 30.2 Å². The molecular weight excluding hydrogens is 362 g/mol. The molecule has 0 fully saturated rings. The average molecular weight is 390 g/mol. The Kier molecular flexibility index (Phi) is 8.84. The molecule has 2 N–H and O–H groups in total. The maximum Gasteiger partial charge on any atom is 0.296 e. The second-order valence-corrected chi connectivity index (χ2v) is 7.49. The second kappa shape index (κ2) is 10.6. The summed E-state index contributed by atoms with van der Waals surface area (Å²) in [5, 5.41) is 12.3. The highest BCUT2D eigenvalue weighted by atomic mass is 32.2. The van der Waals surface area contributed by atoms with Gasteiger partial charge in [-0.15, -0.1) is 6.58 Å². The van der Waals surface area contributed by atoms with Crippen LogP contribution in [0, 0.1) is 5.41 Å². The topological polar surface area (TPSA) is 78.6 Å². The summed E-state index contributed by atoms with van der Waals surface area (Å²) in [6, 6.07) is 1.51. The van der Waals surface area contributed by atoms with Gasteiger partial charge in [0.25, 0.3) is 5.91 Å². The van der Waals surface area contributed by atoms with Gasteiger partial charge in [-0.25, -0.2) is 5.48 Å². The maximum atomic E-state index is 11.3. The SMILES string of the molecule is C=CC(C=C)=C(C=C)N(CC(C)(C)C=C)SCCc1cc(C(=O)NO)no1. The van der Waals surface area contributed by atoms with Crippen molar-refractivity contribution >= 4 is 17.9 Å². The summed E-state index contributed by atoms with van der Waals surface area (Å²) in [5.41, 5.74) is 3.25. The molecule has 0 aromatic carbocycles. The van der Waals surface area contributed by atoms with Gasteiger partial charge in [-0.05, 0) is 23.6 Å². The molecule has 7 heteroatoms. The van der Waals surface area contributed by atoms with Crippen molar-refractivity contribution in [3.63, 3.8) is 0 Å². The van der Waals surface area contributed by atoms with Gasteiger partial charge >= 0.3 is 0 Å². The Morgan fingerprint density at radius 3 is 2.52 bits per heavy atom. The first-order chi connectivity index (χ1) is 12.8. The van der Waals surface area contributed by atoms with Crippen molar-refractivity contribution in [2.24, 2.45) is 5.41 Å². The number of aryl methyl sites for hydroxylation is 1. The maximum absolute atomic E-state index is 11.3. The van der Waals surface area contributed by atoms with Crippen LogP contribution in [0.2, 0.25) is 0 Å². The summed E-state index contributed by atoms with van der Waals surface area (Å²) in [6.07, 6.45) is 7.74. The summed E-state index contributed by atoms with van der Waals surface area (Å²) in [4.78, 5) is 11.3. The monoisotopic (exact) mass is 389 g/mol. The lowest BCUT2D eigenvalue weighted by atomic mass is 9.93. The van der Waals surface area contributed by atoms with Gasteiger partial charge in [-0.2, -0.15) is 0 Å². The normalized spacial score (nSPS) is 10.6. The minimum Gasteiger partial charge on any atom is -0.361 e. The summed E-state index contributed by atoms with van der Waals surface area (Å²) in [7, 11) is 0. The first-order valence-corrected chi connectivity index (χ1v) is 9.31. The van der Waals surface area contributed by atoms with Crippen LogP contribution in [-0.2, 0) is 6.42 Å². The first kappa shape index (κ1) is 22.5. The van der Waals surface area contributed by atoms with Crippen LogP contribution in [0.25, 0.3) is 0 Å². The fourth-order valence-corrected chi connectivity index (χ4v) is 3.40. The number of amides is 1. The Hall–Kier alpha value is -2.51. The number of allylic oxidation sites excluding steroid dienone is 4. The van der Waals surface area contributed by atoms with Crippen LogP contribution < -0.4 is 5.48 Å². The van der Waals surface area contributed by atoms with E-state index in [4.69, 9.17) is 9.73 Å². The van der Waals surface area contributed by atoms with E-state index in [1.165, 1.54) is 11.5 Å². The number of hydrogen-bond acceptors (Lipinski definition) is 6. The van der Waals surface area contributed by atoms with Gasteiger partial charge in [0.1, 0.15) is 5.76 Å². The highest BCUT2D eigenvalue weighted by molar-refractivity contribution is 7.97. The van der Waals surface area contributed by atoms with Crippen LogP contribution >= 0.6 is 11.9 Å². The first-order valence-electron chi connectivity index (χ1n) is 8.37. The van der Waals surface area contributed by atoms with Crippen LogP contribution in [0.15, 0.2) is 72.5 Å². The van der Waals surface area contributed by atoms with E-state index >= 15 is 0 Å². The van der Waals surface area contributed by atoms with Gasteiger partial charge in [0, 0.05) is 30.2 Å². The smallest absolute Gasteiger partial charge is 0.296 e. The quantitative estimate of drug-likeness (QED) is 0.182. The minimum absolute atomic E-state index is 0.0365. The van der Waals surface area contributed by atoms with E-state index in [0.29, 0.717) is 24.5 Å². The molecule has 1 aromatic rings. The summed E-state index contributed by atoms with van der Waals surface area (Å²) < 4.78 is 7.26. The Bertz CT molecular complexity index is 725. The molecule has 146 valence electrons. The summed E-state index contributed by atoms with van der Waals surface area (Å²) in [6.45, 7) is 20.4. The molecule has 0 saturated carbocycles. The zero-order valence-corrected chi connectivity index (χ0v) is 16.7. The molecule has 0 saturated heterocycles. The highest BCUT2D eigenvalue weighted by Gasteiger charge is 2.21. The number of hydroxylamine groups is 1. The molecule has 0 spiro atoms. The molecule has 27 heavy (non-hydrogen) atoms. The van der Waals surface area contributed by atoms with Crippen LogP contribution in [0.1, 0.15) is 30.1 Å². The summed E-state index contributed by atoms with van der Waals surface area (Å²) >= 11 is 1.60. The molecule has 0 radical (unpaired) electrons. The third-order valence-electron chi connectivity index (χ3n) is 3.79. The Balaban J connectivity index is 2.92. The van der Waals surface area contributed by atoms with Crippen LogP contribution in [0.5, 0.6) is 0 Å². The number of carbonyl (C=O) groups is 1. The van der Waals surface area contributed by atoms with Crippen molar-refractivity contribution in [2.45, 2.75) is 20.3 Å². The third kappa shape index (κ3) is 6.62. The van der Waals surface area contributed by atoms with Gasteiger partial charge in [0.05, 0.1) is 5.70 Å². The van der Waals surface area contributed by atoms with Crippen LogP contribution in [0.4, 0.5) is 0 Å². The minimum atomic E-state index is -0.703. The van der Waals surface area contributed by atoms with Gasteiger partial charge in [0.15, 0.2) is 5.69 Å². The van der Waals surface area contributed by atoms with Gasteiger partial charge in [0.2, 0.25) is 0 Å². The molecule has 0 bridgehead atoms. The molecular formula is C20H27N3O3S. The number of carbonyl (C=O) groups excluding carboxylic acids is 1. The molecule has 1 heterocycles. The molecule has 0 aliphatic rings. The van der Waals surface area contributed by atoms with Gasteiger partial charge < -0.3 is 8.83 Å². The lowest BCUT2D eigenvalue weighted by molar-refractivity contribution is 0.0696. The standard InChI is InChI=1S/C20H27N3O3S/c1-7-15(8-2)18(9-3)23(14-20(5,6)10-4)27-12-11-16-13-17(22-26-16)19(24)21-25/h7-10,13,25H,1-4,11-12,14H2,5-6H3,(H,21,24). The summed E-state index contributed by atoms with van der Waals surface area (Å²) in [5.74, 6) is 0.535. The van der Waals surface area contributed by atoms with Crippen molar-refractivity contribution in [3.8, 4) is 0 Å². The van der Waals surface area contributed by atoms with Gasteiger partial charge in [-0.1, -0.05) is 57.0 Å². The second-order valence-electron chi connectivity index (χ2n) is 6.38. The van der Waals surface area contributed by atoms with Crippen molar-refractivity contribution in [3.05, 3.63) is 79.4 Å². The molecule has 1 aromatic heterocycles. The Morgan fingerprint density at radius 1 is 1.33 bits per heavy atom. The number of rotatable bonds is 12. The molecule has 0 atom stereocenters. The van der Waals surface area contributed by atoms with E-state index in [9.17, 15) is 4.79 Å². The lowest BCUT2D eigenvalue weighted by Gasteiger charge is -2.32. The molecule has 1 rings (SSSR count). The largest absolute Gasteiger partial charge is 0.361 e. The van der Waals surface area contributed by atoms with E-state index in [1.807, 2.05) is 6.08 Å². The molecule has 0 aliphatic carbocycles. The van der Waals surface area contributed by atoms with E-state index in [-0.39, 0.29) is 11.1 Å². The number of hydrogen-bond donors (Lipinski definition) is 2. The molecule has 6 nitrogen and oxygen atoms in total. The fraction of sp³-hybridized carbons (Fsp3) is 0.300. The predicted molar refractivity (Wildman–Crippen MR) is 110 cm³/mol. The number of nitrogens with one attached hydrogen (secondary N) is 1. The molecule has 0 aliphatic heterocycles. The zero-order valence-electron chi connectivity index (χ0n) is 15.9. The highest BCUT2D eigenvalue weighted by Crippen LogP contribution is 2.29.